The molecule has 3 N–H and O–H groups in total. The van der Waals surface area contributed by atoms with Crippen LogP contribution in [0, 0.1) is 11.7 Å². The van der Waals surface area contributed by atoms with Crippen molar-refractivity contribution >= 4 is 44.9 Å². The summed E-state index contributed by atoms with van der Waals surface area (Å²) in [6, 6.07) is 11.0. The van der Waals surface area contributed by atoms with Crippen LogP contribution in [-0.2, 0) is 4.79 Å². The molecule has 37 heavy (non-hydrogen) atoms. The molecular formula is C27H20FN7OS. The van der Waals surface area contributed by atoms with Gasteiger partial charge in [0.2, 0.25) is 5.91 Å². The normalized spacial score (nSPS) is 13.8. The van der Waals surface area contributed by atoms with Crippen LogP contribution < -0.4 is 5.32 Å². The number of fused-ring (bicyclic) bond motifs is 2. The van der Waals surface area contributed by atoms with Crippen LogP contribution in [0.5, 0.6) is 0 Å². The highest BCUT2D eigenvalue weighted by atomic mass is 32.1. The third-order valence-electron chi connectivity index (χ3n) is 6.84. The summed E-state index contributed by atoms with van der Waals surface area (Å²) >= 11 is 1.58. The van der Waals surface area contributed by atoms with Gasteiger partial charge in [-0.05, 0) is 48.6 Å². The van der Waals surface area contributed by atoms with Gasteiger partial charge in [0.05, 0.1) is 33.2 Å². The molecule has 0 saturated heterocycles. The van der Waals surface area contributed by atoms with Gasteiger partial charge >= 0.3 is 0 Å². The van der Waals surface area contributed by atoms with E-state index < -0.39 is 5.82 Å². The molecule has 0 spiro atoms. The molecule has 1 aromatic carbocycles. The van der Waals surface area contributed by atoms with Crippen LogP contribution in [0.25, 0.3) is 55.2 Å². The Morgan fingerprint density at radius 1 is 1.11 bits per heavy atom. The van der Waals surface area contributed by atoms with Crippen LogP contribution in [-0.4, -0.2) is 36.0 Å². The standard InChI is InChI=1S/C27H20FN7OS/c28-22-17(15-11-16(13-29-12-15)31-27(36)14-3-1-4-14)6-7-18-21(22)25(35-34-18)26-32-19-8-9-30-24(23(19)33-26)20-5-2-10-37-20/h2,5-14H,1,3-4H2,(H,31,36)(H,32,33)(H,34,35). The topological polar surface area (TPSA) is 112 Å². The number of carbonyl (C=O) groups is 1. The van der Waals surface area contributed by atoms with Crippen molar-refractivity contribution in [3.63, 3.8) is 0 Å². The number of thiophene rings is 1. The molecule has 7 rings (SSSR count). The van der Waals surface area contributed by atoms with Crippen molar-refractivity contribution in [2.75, 3.05) is 5.32 Å². The predicted octanol–water partition coefficient (Wildman–Crippen LogP) is 6.17. The molecule has 1 fully saturated rings. The lowest BCUT2D eigenvalue weighted by molar-refractivity contribution is -0.122. The molecule has 8 nitrogen and oxygen atoms in total. The van der Waals surface area contributed by atoms with E-state index in [4.69, 9.17) is 4.98 Å². The summed E-state index contributed by atoms with van der Waals surface area (Å²) in [5, 5.41) is 12.5. The molecule has 1 aliphatic rings. The minimum Gasteiger partial charge on any atom is -0.336 e. The van der Waals surface area contributed by atoms with E-state index in [1.54, 1.807) is 48.1 Å². The van der Waals surface area contributed by atoms with Gasteiger partial charge in [0.15, 0.2) is 5.82 Å². The van der Waals surface area contributed by atoms with E-state index in [1.165, 1.54) is 0 Å². The molecule has 10 heteroatoms. The zero-order chi connectivity index (χ0) is 24.9. The maximum absolute atomic E-state index is 16.1. The Balaban J connectivity index is 1.30. The molecule has 1 aliphatic carbocycles. The molecule has 0 aliphatic heterocycles. The van der Waals surface area contributed by atoms with Crippen molar-refractivity contribution < 1.29 is 9.18 Å². The highest BCUT2D eigenvalue weighted by molar-refractivity contribution is 7.13. The van der Waals surface area contributed by atoms with Crippen molar-refractivity contribution in [1.29, 1.82) is 0 Å². The second kappa shape index (κ2) is 8.59. The second-order valence-corrected chi connectivity index (χ2v) is 10.1. The quantitative estimate of drug-likeness (QED) is 0.257. The predicted molar refractivity (Wildman–Crippen MR) is 141 cm³/mol. The maximum atomic E-state index is 16.1. The summed E-state index contributed by atoms with van der Waals surface area (Å²) in [6.07, 6.45) is 7.77. The van der Waals surface area contributed by atoms with Gasteiger partial charge in [-0.25, -0.2) is 9.37 Å². The van der Waals surface area contributed by atoms with Crippen LogP contribution in [0.3, 0.4) is 0 Å². The Kier molecular flexibility index (Phi) is 5.07. The number of H-pyrrole nitrogens is 2. The van der Waals surface area contributed by atoms with E-state index in [0.717, 1.165) is 35.4 Å². The smallest absolute Gasteiger partial charge is 0.227 e. The molecule has 6 aromatic rings. The molecular weight excluding hydrogens is 489 g/mol. The van der Waals surface area contributed by atoms with E-state index in [-0.39, 0.29) is 11.8 Å². The highest BCUT2D eigenvalue weighted by Crippen LogP contribution is 2.36. The van der Waals surface area contributed by atoms with E-state index in [1.807, 2.05) is 23.6 Å². The van der Waals surface area contributed by atoms with Crippen LogP contribution in [0.15, 0.2) is 60.4 Å². The first-order chi connectivity index (χ1) is 18.2. The van der Waals surface area contributed by atoms with Crippen molar-refractivity contribution in [2.24, 2.45) is 5.92 Å². The number of hydrogen-bond donors (Lipinski definition) is 3. The number of carbonyl (C=O) groups excluding carboxylic acids is 1. The number of aromatic amines is 2. The fourth-order valence-electron chi connectivity index (χ4n) is 4.68. The van der Waals surface area contributed by atoms with Crippen LogP contribution in [0.2, 0.25) is 0 Å². The summed E-state index contributed by atoms with van der Waals surface area (Å²) in [5.74, 6) is 0.0365. The number of imidazole rings is 1. The average Bonchev–Trinajstić information content (AvgIpc) is 3.62. The number of nitrogens with zero attached hydrogens (tertiary/aromatic N) is 4. The first-order valence-corrected chi connectivity index (χ1v) is 12.9. The SMILES string of the molecule is O=C(Nc1cncc(-c2ccc3[nH]nc(-c4nc5c(-c6cccs6)nccc5[nH]4)c3c2F)c1)C1CCC1. The van der Waals surface area contributed by atoms with Crippen LogP contribution in [0.4, 0.5) is 10.1 Å². The largest absolute Gasteiger partial charge is 0.336 e. The summed E-state index contributed by atoms with van der Waals surface area (Å²) in [7, 11) is 0. The monoisotopic (exact) mass is 509 g/mol. The van der Waals surface area contributed by atoms with Gasteiger partial charge in [-0.2, -0.15) is 5.10 Å². The summed E-state index contributed by atoms with van der Waals surface area (Å²) in [4.78, 5) is 30.2. The highest BCUT2D eigenvalue weighted by Gasteiger charge is 2.25. The molecule has 0 atom stereocenters. The van der Waals surface area contributed by atoms with Gasteiger partial charge in [0.25, 0.3) is 0 Å². The molecule has 0 radical (unpaired) electrons. The first-order valence-electron chi connectivity index (χ1n) is 12.0. The number of rotatable bonds is 5. The lowest BCUT2D eigenvalue weighted by Gasteiger charge is -2.24. The van der Waals surface area contributed by atoms with E-state index in [9.17, 15) is 4.79 Å². The zero-order valence-electron chi connectivity index (χ0n) is 19.5. The van der Waals surface area contributed by atoms with Crippen molar-refractivity contribution in [2.45, 2.75) is 19.3 Å². The molecule has 1 amide bonds. The Morgan fingerprint density at radius 2 is 2.03 bits per heavy atom. The Hall–Kier alpha value is -4.44. The zero-order valence-corrected chi connectivity index (χ0v) is 20.3. The Labute approximate surface area is 214 Å². The lowest BCUT2D eigenvalue weighted by Crippen LogP contribution is -2.28. The van der Waals surface area contributed by atoms with E-state index in [2.05, 4.69) is 30.5 Å². The lowest BCUT2D eigenvalue weighted by atomic mass is 9.85. The van der Waals surface area contributed by atoms with Crippen molar-refractivity contribution in [3.05, 3.63) is 66.2 Å². The average molecular weight is 510 g/mol. The summed E-state index contributed by atoms with van der Waals surface area (Å²) in [6.45, 7) is 0. The fraction of sp³-hybridized carbons (Fsp3) is 0.148. The third kappa shape index (κ3) is 3.68. The number of benzene rings is 1. The molecule has 182 valence electrons. The van der Waals surface area contributed by atoms with Gasteiger partial charge in [-0.3, -0.25) is 19.9 Å². The molecule has 5 aromatic heterocycles. The van der Waals surface area contributed by atoms with Gasteiger partial charge in [0, 0.05) is 29.4 Å². The first kappa shape index (κ1) is 21.8. The summed E-state index contributed by atoms with van der Waals surface area (Å²) < 4.78 is 16.1. The minimum atomic E-state index is -0.442. The van der Waals surface area contributed by atoms with Gasteiger partial charge in [0.1, 0.15) is 22.7 Å². The number of aromatic nitrogens is 6. The van der Waals surface area contributed by atoms with Gasteiger partial charge < -0.3 is 10.3 Å². The Bertz CT molecular complexity index is 1790. The van der Waals surface area contributed by atoms with Crippen molar-refractivity contribution in [1.82, 2.24) is 30.1 Å². The van der Waals surface area contributed by atoms with Gasteiger partial charge in [-0.1, -0.05) is 12.5 Å². The minimum absolute atomic E-state index is 0.0143. The molecule has 0 bridgehead atoms. The number of halogens is 1. The molecule has 1 saturated carbocycles. The van der Waals surface area contributed by atoms with E-state index in [0.29, 0.717) is 44.8 Å². The molecule has 0 unspecified atom stereocenters. The number of hydrogen-bond acceptors (Lipinski definition) is 6. The third-order valence-corrected chi connectivity index (χ3v) is 7.72. The van der Waals surface area contributed by atoms with E-state index >= 15 is 4.39 Å². The number of anilines is 1. The molecule has 5 heterocycles. The van der Waals surface area contributed by atoms with Gasteiger partial charge in [-0.15, -0.1) is 11.3 Å². The van der Waals surface area contributed by atoms with Crippen molar-refractivity contribution in [3.8, 4) is 33.2 Å². The van der Waals surface area contributed by atoms with Crippen LogP contribution >= 0.6 is 11.3 Å². The number of nitrogens with one attached hydrogen (secondary N) is 3. The number of pyridine rings is 2. The summed E-state index contributed by atoms with van der Waals surface area (Å²) in [5.41, 5.74) is 4.66. The van der Waals surface area contributed by atoms with Crippen LogP contribution in [0.1, 0.15) is 19.3 Å². The fourth-order valence-corrected chi connectivity index (χ4v) is 5.40. The Morgan fingerprint density at radius 3 is 2.84 bits per heavy atom. The number of amides is 1. The maximum Gasteiger partial charge on any atom is 0.227 e. The second-order valence-electron chi connectivity index (χ2n) is 9.12.